The lowest BCUT2D eigenvalue weighted by Crippen LogP contribution is -2.55. The van der Waals surface area contributed by atoms with Gasteiger partial charge in [-0.05, 0) is 50.7 Å². The molecule has 0 bridgehead atoms. The molecule has 1 aromatic carbocycles. The van der Waals surface area contributed by atoms with Crippen molar-refractivity contribution >= 4 is 15.9 Å². The zero-order valence-corrected chi connectivity index (χ0v) is 18.8. The molecule has 0 aliphatic carbocycles. The van der Waals surface area contributed by atoms with Gasteiger partial charge in [0.15, 0.2) is 0 Å². The number of fused-ring (bicyclic) bond motifs is 1. The Morgan fingerprint density at radius 3 is 2.66 bits per heavy atom. The molecule has 1 fully saturated rings. The van der Waals surface area contributed by atoms with Crippen LogP contribution in [0.2, 0.25) is 0 Å². The van der Waals surface area contributed by atoms with Gasteiger partial charge in [-0.15, -0.1) is 0 Å². The van der Waals surface area contributed by atoms with Crippen LogP contribution < -0.4 is 5.32 Å². The number of sulfonamides is 1. The maximum atomic E-state index is 12.9. The molecule has 0 aromatic heterocycles. The molecule has 1 amide bonds. The van der Waals surface area contributed by atoms with E-state index < -0.39 is 16.1 Å². The monoisotopic (exact) mass is 421 g/mol. The van der Waals surface area contributed by atoms with Gasteiger partial charge in [-0.1, -0.05) is 37.6 Å². The number of hydrogen-bond donors (Lipinski definition) is 1. The van der Waals surface area contributed by atoms with Gasteiger partial charge in [0.1, 0.15) is 6.04 Å². The number of amides is 1. The number of rotatable bonds is 8. The molecule has 1 aromatic rings. The van der Waals surface area contributed by atoms with Crippen LogP contribution in [0, 0.1) is 0 Å². The van der Waals surface area contributed by atoms with Crippen molar-refractivity contribution in [2.24, 2.45) is 0 Å². The van der Waals surface area contributed by atoms with Crippen molar-refractivity contribution < 1.29 is 13.2 Å². The van der Waals surface area contributed by atoms with Crippen LogP contribution in [0.1, 0.15) is 57.6 Å². The van der Waals surface area contributed by atoms with E-state index in [4.69, 9.17) is 0 Å². The summed E-state index contributed by atoms with van der Waals surface area (Å²) >= 11 is 0. The van der Waals surface area contributed by atoms with Gasteiger partial charge >= 0.3 is 0 Å². The molecule has 1 atom stereocenters. The summed E-state index contributed by atoms with van der Waals surface area (Å²) in [5.74, 6) is -0.0283. The first-order valence-corrected chi connectivity index (χ1v) is 12.4. The number of carbonyl (C=O) groups excluding carboxylic acids is 1. The summed E-state index contributed by atoms with van der Waals surface area (Å²) in [5.41, 5.74) is 2.55. The Kier molecular flexibility index (Phi) is 7.02. The van der Waals surface area contributed by atoms with Crippen molar-refractivity contribution in [2.45, 2.75) is 71.0 Å². The van der Waals surface area contributed by atoms with Crippen molar-refractivity contribution in [2.75, 3.05) is 25.4 Å². The SMILES string of the molecule is CCCCS(=O)(=O)N1CCCC1C(=O)NCC(C)(C)N1CCc2ccccc2C1. The van der Waals surface area contributed by atoms with Gasteiger partial charge < -0.3 is 5.32 Å². The first-order valence-electron chi connectivity index (χ1n) is 10.8. The summed E-state index contributed by atoms with van der Waals surface area (Å²) in [6.45, 7) is 9.06. The molecule has 2 aliphatic heterocycles. The molecule has 1 unspecified atom stereocenters. The van der Waals surface area contributed by atoms with Crippen LogP contribution in [0.3, 0.4) is 0 Å². The molecule has 0 spiro atoms. The molecule has 0 saturated carbocycles. The van der Waals surface area contributed by atoms with Gasteiger partial charge in [-0.3, -0.25) is 9.69 Å². The normalized spacial score (nSPS) is 21.1. The lowest BCUT2D eigenvalue weighted by Gasteiger charge is -2.42. The zero-order chi connectivity index (χ0) is 21.1. The van der Waals surface area contributed by atoms with Gasteiger partial charge in [0, 0.05) is 31.7 Å². The average Bonchev–Trinajstić information content (AvgIpc) is 3.21. The number of hydrogen-bond acceptors (Lipinski definition) is 4. The Labute approximate surface area is 175 Å². The molecular formula is C22H35N3O3S. The van der Waals surface area contributed by atoms with E-state index in [1.54, 1.807) is 0 Å². The van der Waals surface area contributed by atoms with Gasteiger partial charge in [0.25, 0.3) is 0 Å². The second-order valence-corrected chi connectivity index (χ2v) is 10.9. The minimum atomic E-state index is -3.36. The van der Waals surface area contributed by atoms with Crippen LogP contribution in [-0.4, -0.2) is 60.5 Å². The third-order valence-corrected chi connectivity index (χ3v) is 8.26. The summed E-state index contributed by atoms with van der Waals surface area (Å²) in [6, 6.07) is 7.96. The molecule has 6 nitrogen and oxygen atoms in total. The van der Waals surface area contributed by atoms with Crippen LogP contribution in [0.4, 0.5) is 0 Å². The number of benzene rings is 1. The molecular weight excluding hydrogens is 386 g/mol. The van der Waals surface area contributed by atoms with E-state index in [-0.39, 0.29) is 17.2 Å². The highest BCUT2D eigenvalue weighted by Gasteiger charge is 2.39. The lowest BCUT2D eigenvalue weighted by atomic mass is 9.94. The molecule has 1 saturated heterocycles. The fourth-order valence-electron chi connectivity index (χ4n) is 4.32. The van der Waals surface area contributed by atoms with E-state index in [0.717, 1.165) is 32.4 Å². The van der Waals surface area contributed by atoms with Gasteiger partial charge in [0.05, 0.1) is 5.75 Å². The number of carbonyl (C=O) groups is 1. The molecule has 2 heterocycles. The summed E-state index contributed by atoms with van der Waals surface area (Å²) in [7, 11) is -3.36. The highest BCUT2D eigenvalue weighted by molar-refractivity contribution is 7.89. The van der Waals surface area contributed by atoms with Crippen molar-refractivity contribution in [3.05, 3.63) is 35.4 Å². The highest BCUT2D eigenvalue weighted by Crippen LogP contribution is 2.26. The Hall–Kier alpha value is -1.44. The number of nitrogens with one attached hydrogen (secondary N) is 1. The molecule has 1 N–H and O–H groups in total. The predicted octanol–water partition coefficient (Wildman–Crippen LogP) is 2.53. The van der Waals surface area contributed by atoms with Crippen molar-refractivity contribution in [1.29, 1.82) is 0 Å². The zero-order valence-electron chi connectivity index (χ0n) is 18.0. The summed E-state index contributed by atoms with van der Waals surface area (Å²) < 4.78 is 26.7. The van der Waals surface area contributed by atoms with E-state index in [9.17, 15) is 13.2 Å². The van der Waals surface area contributed by atoms with Crippen molar-refractivity contribution in [3.8, 4) is 0 Å². The van der Waals surface area contributed by atoms with Crippen LogP contribution in [-0.2, 0) is 27.8 Å². The van der Waals surface area contributed by atoms with Crippen LogP contribution in [0.15, 0.2) is 24.3 Å². The first-order chi connectivity index (χ1) is 13.7. The summed E-state index contributed by atoms with van der Waals surface area (Å²) in [5, 5.41) is 3.06. The van der Waals surface area contributed by atoms with Crippen LogP contribution in [0.25, 0.3) is 0 Å². The van der Waals surface area contributed by atoms with Gasteiger partial charge in [-0.2, -0.15) is 4.31 Å². The van der Waals surface area contributed by atoms with E-state index in [1.807, 2.05) is 6.92 Å². The average molecular weight is 422 g/mol. The molecule has 162 valence electrons. The fraction of sp³-hybridized carbons (Fsp3) is 0.682. The third kappa shape index (κ3) is 5.19. The topological polar surface area (TPSA) is 69.7 Å². The minimum Gasteiger partial charge on any atom is -0.353 e. The predicted molar refractivity (Wildman–Crippen MR) is 116 cm³/mol. The first kappa shape index (κ1) is 22.2. The largest absolute Gasteiger partial charge is 0.353 e. The second-order valence-electron chi connectivity index (χ2n) is 8.91. The lowest BCUT2D eigenvalue weighted by molar-refractivity contribution is -0.124. The van der Waals surface area contributed by atoms with Crippen molar-refractivity contribution in [1.82, 2.24) is 14.5 Å². The van der Waals surface area contributed by atoms with E-state index >= 15 is 0 Å². The Bertz CT molecular complexity index is 822. The smallest absolute Gasteiger partial charge is 0.238 e. The Balaban J connectivity index is 1.59. The summed E-state index contributed by atoms with van der Waals surface area (Å²) in [6.07, 6.45) is 3.83. The fourth-order valence-corrected chi connectivity index (χ4v) is 6.21. The molecule has 0 radical (unpaired) electrons. The summed E-state index contributed by atoms with van der Waals surface area (Å²) in [4.78, 5) is 15.3. The van der Waals surface area contributed by atoms with E-state index in [1.165, 1.54) is 15.4 Å². The molecule has 7 heteroatoms. The standard InChI is InChI=1S/C22H35N3O3S/c1-4-5-15-29(27,28)25-13-8-11-20(25)21(26)23-17-22(2,3)24-14-12-18-9-6-7-10-19(18)16-24/h6-7,9-10,20H,4-5,8,11-17H2,1-3H3,(H,23,26). The molecule has 3 rings (SSSR count). The maximum Gasteiger partial charge on any atom is 0.238 e. The van der Waals surface area contributed by atoms with Gasteiger partial charge in [-0.25, -0.2) is 8.42 Å². The minimum absolute atomic E-state index is 0.131. The highest BCUT2D eigenvalue weighted by atomic mass is 32.2. The van der Waals surface area contributed by atoms with Crippen molar-refractivity contribution in [3.63, 3.8) is 0 Å². The van der Waals surface area contributed by atoms with E-state index in [0.29, 0.717) is 25.9 Å². The second kappa shape index (κ2) is 9.14. The maximum absolute atomic E-state index is 12.9. The number of unbranched alkanes of at least 4 members (excludes halogenated alkanes) is 1. The van der Waals surface area contributed by atoms with Crippen LogP contribution in [0.5, 0.6) is 0 Å². The number of nitrogens with zero attached hydrogens (tertiary/aromatic N) is 2. The van der Waals surface area contributed by atoms with Gasteiger partial charge in [0.2, 0.25) is 15.9 Å². The Morgan fingerprint density at radius 1 is 1.21 bits per heavy atom. The third-order valence-electron chi connectivity index (χ3n) is 6.30. The van der Waals surface area contributed by atoms with Crippen LogP contribution >= 0.6 is 0 Å². The molecule has 2 aliphatic rings. The Morgan fingerprint density at radius 2 is 1.93 bits per heavy atom. The molecule has 29 heavy (non-hydrogen) atoms. The van der Waals surface area contributed by atoms with E-state index in [2.05, 4.69) is 48.3 Å². The quantitative estimate of drug-likeness (QED) is 0.700.